The standard InChI is InChI=1S/C11H24N4/c1-14-7-4-12-3-2-11(14)10-15-8-5-13-6-9-15/h11-13H,2-10H2,1H3/t11-/m1/s1. The molecular weight excluding hydrogens is 188 g/mol. The van der Waals surface area contributed by atoms with Gasteiger partial charge in [-0.1, -0.05) is 0 Å². The smallest absolute Gasteiger partial charge is 0.0232 e. The van der Waals surface area contributed by atoms with Crippen LogP contribution in [0.4, 0.5) is 0 Å². The number of hydrogen-bond acceptors (Lipinski definition) is 4. The molecule has 0 radical (unpaired) electrons. The van der Waals surface area contributed by atoms with Crippen LogP contribution in [0.5, 0.6) is 0 Å². The second-order valence-electron chi connectivity index (χ2n) is 4.72. The maximum absolute atomic E-state index is 3.47. The van der Waals surface area contributed by atoms with E-state index in [4.69, 9.17) is 0 Å². The third-order valence-corrected chi connectivity index (χ3v) is 3.60. The summed E-state index contributed by atoms with van der Waals surface area (Å²) in [6, 6.07) is 0.748. The molecule has 0 aromatic rings. The van der Waals surface area contributed by atoms with E-state index in [1.54, 1.807) is 0 Å². The lowest BCUT2D eigenvalue weighted by Crippen LogP contribution is -2.49. The van der Waals surface area contributed by atoms with Crippen molar-refractivity contribution in [1.29, 1.82) is 0 Å². The highest BCUT2D eigenvalue weighted by molar-refractivity contribution is 4.79. The van der Waals surface area contributed by atoms with Gasteiger partial charge in [-0.05, 0) is 20.0 Å². The highest BCUT2D eigenvalue weighted by Gasteiger charge is 2.20. The summed E-state index contributed by atoms with van der Waals surface area (Å²) in [5.74, 6) is 0. The summed E-state index contributed by atoms with van der Waals surface area (Å²) in [5.41, 5.74) is 0. The van der Waals surface area contributed by atoms with Crippen LogP contribution >= 0.6 is 0 Å². The molecule has 0 aromatic carbocycles. The first-order chi connectivity index (χ1) is 7.36. The lowest BCUT2D eigenvalue weighted by molar-refractivity contribution is 0.154. The Kier molecular flexibility index (Phi) is 4.38. The minimum atomic E-state index is 0.748. The Balaban J connectivity index is 1.79. The Labute approximate surface area is 93.0 Å². The molecule has 2 aliphatic heterocycles. The van der Waals surface area contributed by atoms with E-state index in [9.17, 15) is 0 Å². The average Bonchev–Trinajstić information content (AvgIpc) is 2.46. The Morgan fingerprint density at radius 1 is 1.00 bits per heavy atom. The predicted molar refractivity (Wildman–Crippen MR) is 63.2 cm³/mol. The summed E-state index contributed by atoms with van der Waals surface area (Å²) in [6.07, 6.45) is 1.29. The van der Waals surface area contributed by atoms with E-state index in [2.05, 4.69) is 27.5 Å². The second-order valence-corrected chi connectivity index (χ2v) is 4.72. The van der Waals surface area contributed by atoms with Gasteiger partial charge in [0.2, 0.25) is 0 Å². The van der Waals surface area contributed by atoms with Gasteiger partial charge >= 0.3 is 0 Å². The first-order valence-corrected chi connectivity index (χ1v) is 6.20. The van der Waals surface area contributed by atoms with Crippen LogP contribution in [0.3, 0.4) is 0 Å². The predicted octanol–water partition coefficient (Wildman–Crippen LogP) is -0.815. The molecule has 2 N–H and O–H groups in total. The second kappa shape index (κ2) is 5.80. The van der Waals surface area contributed by atoms with Crippen molar-refractivity contribution in [2.45, 2.75) is 12.5 Å². The molecule has 88 valence electrons. The van der Waals surface area contributed by atoms with Crippen LogP contribution in [-0.4, -0.2) is 75.2 Å². The van der Waals surface area contributed by atoms with Crippen molar-refractivity contribution in [3.63, 3.8) is 0 Å². The molecule has 4 heteroatoms. The van der Waals surface area contributed by atoms with Gasteiger partial charge in [0.1, 0.15) is 0 Å². The molecule has 0 bridgehead atoms. The van der Waals surface area contributed by atoms with E-state index in [0.717, 1.165) is 25.7 Å². The lowest BCUT2D eigenvalue weighted by atomic mass is 10.1. The van der Waals surface area contributed by atoms with E-state index < -0.39 is 0 Å². The lowest BCUT2D eigenvalue weighted by Gasteiger charge is -2.34. The minimum Gasteiger partial charge on any atom is -0.315 e. The summed E-state index contributed by atoms with van der Waals surface area (Å²) >= 11 is 0. The maximum atomic E-state index is 3.47. The molecular formula is C11H24N4. The van der Waals surface area contributed by atoms with Crippen LogP contribution in [0.2, 0.25) is 0 Å². The zero-order chi connectivity index (χ0) is 10.5. The highest BCUT2D eigenvalue weighted by atomic mass is 15.2. The first kappa shape index (κ1) is 11.3. The minimum absolute atomic E-state index is 0.748. The van der Waals surface area contributed by atoms with Crippen LogP contribution in [0.25, 0.3) is 0 Å². The first-order valence-electron chi connectivity index (χ1n) is 6.20. The molecule has 2 rings (SSSR count). The van der Waals surface area contributed by atoms with Crippen molar-refractivity contribution >= 4 is 0 Å². The van der Waals surface area contributed by atoms with Gasteiger partial charge in [-0.2, -0.15) is 0 Å². The Bertz CT molecular complexity index is 179. The van der Waals surface area contributed by atoms with Crippen molar-refractivity contribution in [3.8, 4) is 0 Å². The van der Waals surface area contributed by atoms with Crippen molar-refractivity contribution in [2.24, 2.45) is 0 Å². The fraction of sp³-hybridized carbons (Fsp3) is 1.00. The van der Waals surface area contributed by atoms with Gasteiger partial charge in [-0.25, -0.2) is 0 Å². The molecule has 0 amide bonds. The maximum Gasteiger partial charge on any atom is 0.0232 e. The molecule has 0 spiro atoms. The molecule has 0 aliphatic carbocycles. The van der Waals surface area contributed by atoms with Crippen LogP contribution in [0, 0.1) is 0 Å². The number of rotatable bonds is 2. The molecule has 2 saturated heterocycles. The quantitative estimate of drug-likeness (QED) is 0.626. The topological polar surface area (TPSA) is 30.5 Å². The van der Waals surface area contributed by atoms with Crippen LogP contribution in [0.15, 0.2) is 0 Å². The SMILES string of the molecule is CN1CCNCC[C@@H]1CN1CCNCC1. The zero-order valence-electron chi connectivity index (χ0n) is 9.84. The molecule has 0 unspecified atom stereocenters. The van der Waals surface area contributed by atoms with E-state index in [1.165, 1.54) is 39.1 Å². The van der Waals surface area contributed by atoms with Gasteiger partial charge in [0.05, 0.1) is 0 Å². The number of nitrogens with one attached hydrogen (secondary N) is 2. The normalized spacial score (nSPS) is 31.4. The highest BCUT2D eigenvalue weighted by Crippen LogP contribution is 2.07. The average molecular weight is 212 g/mol. The van der Waals surface area contributed by atoms with E-state index in [-0.39, 0.29) is 0 Å². The van der Waals surface area contributed by atoms with E-state index >= 15 is 0 Å². The molecule has 0 aromatic heterocycles. The summed E-state index contributed by atoms with van der Waals surface area (Å²) in [5, 5.41) is 6.88. The van der Waals surface area contributed by atoms with Crippen molar-refractivity contribution in [1.82, 2.24) is 20.4 Å². The van der Waals surface area contributed by atoms with Crippen LogP contribution < -0.4 is 10.6 Å². The van der Waals surface area contributed by atoms with E-state index in [0.29, 0.717) is 0 Å². The van der Waals surface area contributed by atoms with Gasteiger partial charge in [0.25, 0.3) is 0 Å². The third-order valence-electron chi connectivity index (χ3n) is 3.60. The Morgan fingerprint density at radius 2 is 1.67 bits per heavy atom. The Morgan fingerprint density at radius 3 is 2.47 bits per heavy atom. The number of nitrogens with zero attached hydrogens (tertiary/aromatic N) is 2. The van der Waals surface area contributed by atoms with Gasteiger partial charge in [-0.15, -0.1) is 0 Å². The number of hydrogen-bond donors (Lipinski definition) is 2. The molecule has 15 heavy (non-hydrogen) atoms. The van der Waals surface area contributed by atoms with E-state index in [1.807, 2.05) is 0 Å². The monoisotopic (exact) mass is 212 g/mol. The molecule has 2 aliphatic rings. The van der Waals surface area contributed by atoms with Crippen molar-refractivity contribution in [2.75, 3.05) is 59.4 Å². The fourth-order valence-corrected chi connectivity index (χ4v) is 2.47. The van der Waals surface area contributed by atoms with Gasteiger partial charge in [0, 0.05) is 51.9 Å². The number of likely N-dealkylation sites (N-methyl/N-ethyl adjacent to an activating group) is 1. The number of piperazine rings is 1. The van der Waals surface area contributed by atoms with Gasteiger partial charge in [0.15, 0.2) is 0 Å². The van der Waals surface area contributed by atoms with Gasteiger partial charge < -0.3 is 15.5 Å². The molecule has 2 fully saturated rings. The van der Waals surface area contributed by atoms with Gasteiger partial charge in [-0.3, -0.25) is 4.90 Å². The summed E-state index contributed by atoms with van der Waals surface area (Å²) in [6.45, 7) is 9.53. The van der Waals surface area contributed by atoms with Crippen molar-refractivity contribution < 1.29 is 0 Å². The largest absolute Gasteiger partial charge is 0.315 e. The zero-order valence-corrected chi connectivity index (χ0v) is 9.84. The molecule has 4 nitrogen and oxygen atoms in total. The molecule has 0 saturated carbocycles. The fourth-order valence-electron chi connectivity index (χ4n) is 2.47. The summed E-state index contributed by atoms with van der Waals surface area (Å²) in [4.78, 5) is 5.12. The molecule has 2 heterocycles. The van der Waals surface area contributed by atoms with Crippen LogP contribution in [-0.2, 0) is 0 Å². The Hall–Kier alpha value is -0.160. The molecule has 1 atom stereocenters. The summed E-state index contributed by atoms with van der Waals surface area (Å²) in [7, 11) is 2.26. The summed E-state index contributed by atoms with van der Waals surface area (Å²) < 4.78 is 0. The third kappa shape index (κ3) is 3.41. The van der Waals surface area contributed by atoms with Crippen LogP contribution in [0.1, 0.15) is 6.42 Å². The van der Waals surface area contributed by atoms with Crippen molar-refractivity contribution in [3.05, 3.63) is 0 Å².